The van der Waals surface area contributed by atoms with E-state index in [0.29, 0.717) is 23.0 Å². The lowest BCUT2D eigenvalue weighted by Crippen LogP contribution is -2.26. The van der Waals surface area contributed by atoms with Crippen molar-refractivity contribution in [2.45, 2.75) is 50.7 Å². The van der Waals surface area contributed by atoms with Gasteiger partial charge in [-0.3, -0.25) is 0 Å². The predicted octanol–water partition coefficient (Wildman–Crippen LogP) is 2.85. The van der Waals surface area contributed by atoms with Gasteiger partial charge < -0.3 is 15.0 Å². The predicted molar refractivity (Wildman–Crippen MR) is 84.9 cm³/mol. The van der Waals surface area contributed by atoms with Crippen molar-refractivity contribution >= 4 is 11.6 Å². The van der Waals surface area contributed by atoms with Crippen molar-refractivity contribution in [2.75, 3.05) is 20.2 Å². The molecule has 0 spiro atoms. The van der Waals surface area contributed by atoms with Crippen molar-refractivity contribution in [3.63, 3.8) is 0 Å². The summed E-state index contributed by atoms with van der Waals surface area (Å²) in [6.07, 6.45) is 6.18. The van der Waals surface area contributed by atoms with Gasteiger partial charge in [0.1, 0.15) is 0 Å². The molecule has 2 aliphatic rings. The van der Waals surface area contributed by atoms with Crippen LogP contribution in [0.15, 0.2) is 12.1 Å². The molecule has 21 heavy (non-hydrogen) atoms. The number of pyridine rings is 1. The zero-order chi connectivity index (χ0) is 14.7. The summed E-state index contributed by atoms with van der Waals surface area (Å²) >= 11 is 6.19. The molecule has 1 aliphatic carbocycles. The number of rotatable bonds is 7. The van der Waals surface area contributed by atoms with E-state index in [2.05, 4.69) is 22.2 Å². The van der Waals surface area contributed by atoms with Crippen LogP contribution in [0.1, 0.15) is 37.8 Å². The summed E-state index contributed by atoms with van der Waals surface area (Å²) in [7, 11) is 2.19. The van der Waals surface area contributed by atoms with Gasteiger partial charge in [-0.1, -0.05) is 11.6 Å². The number of likely N-dealkylation sites (tertiary alicyclic amines) is 1. The van der Waals surface area contributed by atoms with E-state index in [0.717, 1.165) is 25.3 Å². The lowest BCUT2D eigenvalue weighted by molar-refractivity contribution is 0.228. The molecule has 0 radical (unpaired) electrons. The van der Waals surface area contributed by atoms with Crippen LogP contribution in [0.5, 0.6) is 5.88 Å². The van der Waals surface area contributed by atoms with Crippen LogP contribution in [-0.4, -0.2) is 42.2 Å². The number of hydrogen-bond acceptors (Lipinski definition) is 4. The monoisotopic (exact) mass is 309 g/mol. The van der Waals surface area contributed by atoms with Gasteiger partial charge >= 0.3 is 0 Å². The molecular weight excluding hydrogens is 286 g/mol. The third-order valence-electron chi connectivity index (χ3n) is 4.40. The van der Waals surface area contributed by atoms with Crippen LogP contribution in [0.4, 0.5) is 0 Å². The second-order valence-corrected chi connectivity index (χ2v) is 6.55. The van der Waals surface area contributed by atoms with Gasteiger partial charge in [-0.05, 0) is 51.8 Å². The van der Waals surface area contributed by atoms with Gasteiger partial charge in [0.15, 0.2) is 0 Å². The Hall–Kier alpha value is -0.840. The fraction of sp³-hybridized carbons (Fsp3) is 0.688. The van der Waals surface area contributed by atoms with E-state index in [4.69, 9.17) is 16.3 Å². The highest BCUT2D eigenvalue weighted by atomic mass is 35.5. The lowest BCUT2D eigenvalue weighted by atomic mass is 10.1. The van der Waals surface area contributed by atoms with E-state index in [1.807, 2.05) is 12.1 Å². The molecular formula is C16H24ClN3O. The second kappa shape index (κ2) is 6.95. The Balaban J connectivity index is 1.48. The number of nitrogens with zero attached hydrogens (tertiary/aromatic N) is 2. The fourth-order valence-corrected chi connectivity index (χ4v) is 3.01. The van der Waals surface area contributed by atoms with Crippen LogP contribution in [0.3, 0.4) is 0 Å². The van der Waals surface area contributed by atoms with E-state index in [9.17, 15) is 0 Å². The number of ether oxygens (including phenoxy) is 1. The average molecular weight is 310 g/mol. The quantitative estimate of drug-likeness (QED) is 0.840. The molecule has 1 N–H and O–H groups in total. The molecule has 1 unspecified atom stereocenters. The minimum absolute atomic E-state index is 0.658. The molecule has 2 fully saturated rings. The summed E-state index contributed by atoms with van der Waals surface area (Å²) in [6, 6.07) is 5.07. The molecule has 4 nitrogen and oxygen atoms in total. The zero-order valence-electron chi connectivity index (χ0n) is 12.6. The van der Waals surface area contributed by atoms with Crippen LogP contribution in [0.2, 0.25) is 5.02 Å². The number of hydrogen-bond donors (Lipinski definition) is 1. The normalized spacial score (nSPS) is 22.7. The first-order valence-corrected chi connectivity index (χ1v) is 8.32. The second-order valence-electron chi connectivity index (χ2n) is 6.15. The Morgan fingerprint density at radius 1 is 1.38 bits per heavy atom. The molecule has 1 saturated carbocycles. The molecule has 1 aromatic rings. The van der Waals surface area contributed by atoms with Gasteiger partial charge in [0.25, 0.3) is 0 Å². The maximum Gasteiger partial charge on any atom is 0.213 e. The van der Waals surface area contributed by atoms with Gasteiger partial charge in [0.05, 0.1) is 17.3 Å². The Morgan fingerprint density at radius 3 is 2.95 bits per heavy atom. The van der Waals surface area contributed by atoms with E-state index in [1.54, 1.807) is 0 Å². The molecule has 0 bridgehead atoms. The van der Waals surface area contributed by atoms with Crippen molar-refractivity contribution in [3.05, 3.63) is 22.8 Å². The molecule has 2 heterocycles. The van der Waals surface area contributed by atoms with Crippen molar-refractivity contribution in [2.24, 2.45) is 0 Å². The molecule has 1 aliphatic heterocycles. The van der Waals surface area contributed by atoms with Crippen LogP contribution in [-0.2, 0) is 6.54 Å². The summed E-state index contributed by atoms with van der Waals surface area (Å²) in [4.78, 5) is 6.95. The standard InChI is InChI=1S/C16H24ClN3O/c1-20-9-2-3-13(20)8-10-21-16-7-6-14(17)15(19-16)11-18-12-4-5-12/h6-7,12-13,18H,2-5,8-11H2,1H3. The minimum Gasteiger partial charge on any atom is -0.478 e. The van der Waals surface area contributed by atoms with Crippen molar-refractivity contribution in [3.8, 4) is 5.88 Å². The third kappa shape index (κ3) is 4.31. The first-order chi connectivity index (χ1) is 10.2. The van der Waals surface area contributed by atoms with E-state index < -0.39 is 0 Å². The highest BCUT2D eigenvalue weighted by Crippen LogP contribution is 2.23. The average Bonchev–Trinajstić information content (AvgIpc) is 3.22. The smallest absolute Gasteiger partial charge is 0.213 e. The molecule has 5 heteroatoms. The Morgan fingerprint density at radius 2 is 2.24 bits per heavy atom. The molecule has 116 valence electrons. The van der Waals surface area contributed by atoms with E-state index >= 15 is 0 Å². The molecule has 1 aromatic heterocycles. The van der Waals surface area contributed by atoms with Crippen molar-refractivity contribution in [1.82, 2.24) is 15.2 Å². The highest BCUT2D eigenvalue weighted by Gasteiger charge is 2.21. The van der Waals surface area contributed by atoms with Crippen LogP contribution in [0, 0.1) is 0 Å². The summed E-state index contributed by atoms with van der Waals surface area (Å²) < 4.78 is 5.81. The van der Waals surface area contributed by atoms with Gasteiger partial charge in [0.2, 0.25) is 5.88 Å². The molecule has 1 atom stereocenters. The topological polar surface area (TPSA) is 37.4 Å². The molecule has 0 amide bonds. The van der Waals surface area contributed by atoms with Gasteiger partial charge in [-0.2, -0.15) is 0 Å². The van der Waals surface area contributed by atoms with Crippen molar-refractivity contribution < 1.29 is 4.74 Å². The van der Waals surface area contributed by atoms with Crippen LogP contribution < -0.4 is 10.1 Å². The number of halogens is 1. The van der Waals surface area contributed by atoms with Crippen LogP contribution >= 0.6 is 11.6 Å². The Labute approximate surface area is 131 Å². The molecule has 3 rings (SSSR count). The van der Waals surface area contributed by atoms with Gasteiger partial charge in [-0.15, -0.1) is 0 Å². The highest BCUT2D eigenvalue weighted by molar-refractivity contribution is 6.31. The SMILES string of the molecule is CN1CCCC1CCOc1ccc(Cl)c(CNC2CC2)n1. The number of aromatic nitrogens is 1. The van der Waals surface area contributed by atoms with Gasteiger partial charge in [0, 0.05) is 24.7 Å². The lowest BCUT2D eigenvalue weighted by Gasteiger charge is -2.19. The summed E-state index contributed by atoms with van der Waals surface area (Å²) in [5.74, 6) is 0.688. The summed E-state index contributed by atoms with van der Waals surface area (Å²) in [6.45, 7) is 2.66. The van der Waals surface area contributed by atoms with E-state index in [-0.39, 0.29) is 0 Å². The first-order valence-electron chi connectivity index (χ1n) is 7.94. The van der Waals surface area contributed by atoms with Crippen molar-refractivity contribution in [1.29, 1.82) is 0 Å². The maximum absolute atomic E-state index is 6.19. The Kier molecular flexibility index (Phi) is 4.99. The number of nitrogens with one attached hydrogen (secondary N) is 1. The Bertz CT molecular complexity index is 479. The van der Waals surface area contributed by atoms with Crippen LogP contribution in [0.25, 0.3) is 0 Å². The first kappa shape index (κ1) is 15.1. The zero-order valence-corrected chi connectivity index (χ0v) is 13.4. The summed E-state index contributed by atoms with van der Waals surface area (Å²) in [5, 5.41) is 4.15. The third-order valence-corrected chi connectivity index (χ3v) is 4.75. The molecule has 1 saturated heterocycles. The maximum atomic E-state index is 6.19. The summed E-state index contributed by atoms with van der Waals surface area (Å²) in [5.41, 5.74) is 0.888. The minimum atomic E-state index is 0.658. The molecule has 0 aromatic carbocycles. The largest absolute Gasteiger partial charge is 0.478 e. The van der Waals surface area contributed by atoms with E-state index in [1.165, 1.54) is 32.2 Å². The van der Waals surface area contributed by atoms with Gasteiger partial charge in [-0.25, -0.2) is 4.98 Å². The fourth-order valence-electron chi connectivity index (χ4n) is 2.84.